The Morgan fingerprint density at radius 3 is 2.67 bits per heavy atom. The first-order valence-electron chi connectivity index (χ1n) is 9.44. The summed E-state index contributed by atoms with van der Waals surface area (Å²) in [6, 6.07) is 4.22. The molecule has 1 aromatic carbocycles. The van der Waals surface area contributed by atoms with Gasteiger partial charge in [0.15, 0.2) is 0 Å². The minimum absolute atomic E-state index is 0.0181. The van der Waals surface area contributed by atoms with Crippen LogP contribution >= 0.6 is 0 Å². The molecule has 2 aliphatic carbocycles. The van der Waals surface area contributed by atoms with Crippen LogP contribution in [0.15, 0.2) is 21.3 Å². The van der Waals surface area contributed by atoms with Crippen molar-refractivity contribution >= 4 is 11.0 Å². The highest BCUT2D eigenvalue weighted by atomic mass is 16.5. The molecule has 1 saturated carbocycles. The predicted octanol–water partition coefficient (Wildman–Crippen LogP) is 4.56. The average Bonchev–Trinajstić information content (AvgIpc) is 3.07. The molecule has 2 heterocycles. The Labute approximate surface area is 142 Å². The second kappa shape index (κ2) is 5.11. The highest BCUT2D eigenvalue weighted by Crippen LogP contribution is 2.44. The van der Waals surface area contributed by atoms with Crippen LogP contribution in [0.5, 0.6) is 5.75 Å². The topological polar surface area (TPSA) is 39.4 Å². The van der Waals surface area contributed by atoms with Crippen molar-refractivity contribution in [3.8, 4) is 5.75 Å². The van der Waals surface area contributed by atoms with Crippen LogP contribution < -0.4 is 10.4 Å². The number of hydrogen-bond donors (Lipinski definition) is 0. The Balaban J connectivity index is 1.59. The smallest absolute Gasteiger partial charge is 0.339 e. The van der Waals surface area contributed by atoms with Crippen LogP contribution in [-0.2, 0) is 19.3 Å². The molecule has 3 heteroatoms. The fraction of sp³-hybridized carbons (Fsp3) is 0.571. The molecular weight excluding hydrogens is 300 g/mol. The first kappa shape index (κ1) is 14.6. The lowest BCUT2D eigenvalue weighted by Gasteiger charge is -2.43. The van der Waals surface area contributed by atoms with Crippen LogP contribution in [0.4, 0.5) is 0 Å². The van der Waals surface area contributed by atoms with Gasteiger partial charge in [-0.05, 0) is 80.9 Å². The Kier molecular flexibility index (Phi) is 3.10. The van der Waals surface area contributed by atoms with E-state index in [1.54, 1.807) is 0 Å². The highest BCUT2D eigenvalue weighted by Gasteiger charge is 2.39. The van der Waals surface area contributed by atoms with Crippen molar-refractivity contribution in [1.29, 1.82) is 0 Å². The SMILES string of the molecule is CC1CCC2(CCc3cc4c5c(c(=O)oc4cc3O2)CCC5)CC1. The molecule has 1 fully saturated rings. The van der Waals surface area contributed by atoms with Gasteiger partial charge in [0.2, 0.25) is 0 Å². The molecule has 24 heavy (non-hydrogen) atoms. The summed E-state index contributed by atoms with van der Waals surface area (Å²) >= 11 is 0. The van der Waals surface area contributed by atoms with E-state index < -0.39 is 0 Å². The second-order valence-corrected chi connectivity index (χ2v) is 8.12. The van der Waals surface area contributed by atoms with Crippen molar-refractivity contribution in [3.63, 3.8) is 0 Å². The normalized spacial score (nSPS) is 28.6. The Morgan fingerprint density at radius 2 is 1.83 bits per heavy atom. The van der Waals surface area contributed by atoms with E-state index >= 15 is 0 Å². The molecule has 2 aromatic rings. The molecule has 0 N–H and O–H groups in total. The third-order valence-electron chi connectivity index (χ3n) is 6.52. The molecule has 0 saturated heterocycles. The van der Waals surface area contributed by atoms with Crippen LogP contribution in [0.3, 0.4) is 0 Å². The van der Waals surface area contributed by atoms with Crippen molar-refractivity contribution in [3.05, 3.63) is 39.2 Å². The summed E-state index contributed by atoms with van der Waals surface area (Å²) in [5.41, 5.74) is 3.99. The molecule has 1 aliphatic heterocycles. The van der Waals surface area contributed by atoms with Gasteiger partial charge in [-0.15, -0.1) is 0 Å². The monoisotopic (exact) mass is 324 g/mol. The standard InChI is InChI=1S/C21H24O3/c1-13-5-8-21(9-6-13)10-7-14-11-17-15-3-2-4-16(15)20(22)23-19(17)12-18(14)24-21/h11-13H,2-10H2,1H3. The van der Waals surface area contributed by atoms with Crippen LogP contribution in [-0.4, -0.2) is 5.60 Å². The van der Waals surface area contributed by atoms with Gasteiger partial charge in [0.1, 0.15) is 16.9 Å². The quantitative estimate of drug-likeness (QED) is 0.667. The van der Waals surface area contributed by atoms with E-state index in [4.69, 9.17) is 9.15 Å². The molecule has 0 atom stereocenters. The Morgan fingerprint density at radius 1 is 1.04 bits per heavy atom. The van der Waals surface area contributed by atoms with Gasteiger partial charge in [0.05, 0.1) is 0 Å². The van der Waals surface area contributed by atoms with E-state index in [1.807, 2.05) is 6.07 Å². The summed E-state index contributed by atoms with van der Waals surface area (Å²) in [5, 5.41) is 1.14. The number of rotatable bonds is 0. The minimum atomic E-state index is -0.146. The van der Waals surface area contributed by atoms with Gasteiger partial charge >= 0.3 is 5.63 Å². The molecule has 1 aromatic heterocycles. The summed E-state index contributed by atoms with van der Waals surface area (Å²) in [6.45, 7) is 2.34. The third-order valence-corrected chi connectivity index (χ3v) is 6.52. The van der Waals surface area contributed by atoms with Crippen LogP contribution in [0.1, 0.15) is 62.1 Å². The third kappa shape index (κ3) is 2.13. The van der Waals surface area contributed by atoms with Crippen molar-refractivity contribution in [2.75, 3.05) is 0 Å². The van der Waals surface area contributed by atoms with Gasteiger partial charge in [0, 0.05) is 17.0 Å². The summed E-state index contributed by atoms with van der Waals surface area (Å²) in [6.07, 6.45) is 9.94. The van der Waals surface area contributed by atoms with Crippen molar-refractivity contribution in [2.24, 2.45) is 5.92 Å². The second-order valence-electron chi connectivity index (χ2n) is 8.12. The van der Waals surface area contributed by atoms with Gasteiger partial charge in [-0.1, -0.05) is 6.92 Å². The lowest BCUT2D eigenvalue weighted by atomic mass is 9.75. The number of benzene rings is 1. The number of ether oxygens (including phenoxy) is 1. The largest absolute Gasteiger partial charge is 0.487 e. The average molecular weight is 324 g/mol. The van der Waals surface area contributed by atoms with Gasteiger partial charge < -0.3 is 9.15 Å². The van der Waals surface area contributed by atoms with Crippen LogP contribution in [0.25, 0.3) is 11.0 Å². The summed E-state index contributed by atoms with van der Waals surface area (Å²) in [4.78, 5) is 12.2. The maximum absolute atomic E-state index is 12.2. The fourth-order valence-corrected chi connectivity index (χ4v) is 4.93. The molecule has 5 rings (SSSR count). The fourth-order valence-electron chi connectivity index (χ4n) is 4.93. The Bertz CT molecular complexity index is 869. The maximum atomic E-state index is 12.2. The van der Waals surface area contributed by atoms with Gasteiger partial charge in [-0.25, -0.2) is 4.79 Å². The molecule has 0 radical (unpaired) electrons. The van der Waals surface area contributed by atoms with E-state index in [0.717, 1.165) is 67.6 Å². The van der Waals surface area contributed by atoms with Crippen LogP contribution in [0.2, 0.25) is 0 Å². The molecule has 3 nitrogen and oxygen atoms in total. The van der Waals surface area contributed by atoms with Gasteiger partial charge in [-0.3, -0.25) is 0 Å². The first-order valence-corrected chi connectivity index (χ1v) is 9.44. The maximum Gasteiger partial charge on any atom is 0.339 e. The molecular formula is C21H24O3. The van der Waals surface area contributed by atoms with Crippen LogP contribution in [0, 0.1) is 5.92 Å². The van der Waals surface area contributed by atoms with Gasteiger partial charge in [0.25, 0.3) is 0 Å². The number of fused-ring (bicyclic) bond motifs is 4. The van der Waals surface area contributed by atoms with E-state index in [-0.39, 0.29) is 11.2 Å². The first-order chi connectivity index (χ1) is 11.6. The highest BCUT2D eigenvalue weighted by molar-refractivity contribution is 5.84. The van der Waals surface area contributed by atoms with Crippen molar-refractivity contribution in [1.82, 2.24) is 0 Å². The van der Waals surface area contributed by atoms with E-state index in [9.17, 15) is 4.79 Å². The zero-order chi connectivity index (χ0) is 16.3. The summed E-state index contributed by atoms with van der Waals surface area (Å²) in [5.74, 6) is 1.77. The predicted molar refractivity (Wildman–Crippen MR) is 93.8 cm³/mol. The zero-order valence-electron chi connectivity index (χ0n) is 14.3. The van der Waals surface area contributed by atoms with Crippen molar-refractivity contribution in [2.45, 2.75) is 70.3 Å². The molecule has 0 amide bonds. The number of aryl methyl sites for hydroxylation is 2. The molecule has 3 aliphatic rings. The van der Waals surface area contributed by atoms with Gasteiger partial charge in [-0.2, -0.15) is 0 Å². The lowest BCUT2D eigenvalue weighted by Crippen LogP contribution is -2.42. The zero-order valence-corrected chi connectivity index (χ0v) is 14.3. The minimum Gasteiger partial charge on any atom is -0.487 e. The Hall–Kier alpha value is -1.77. The van der Waals surface area contributed by atoms with E-state index in [1.165, 1.54) is 24.0 Å². The number of hydrogen-bond acceptors (Lipinski definition) is 3. The van der Waals surface area contributed by atoms with E-state index in [2.05, 4.69) is 13.0 Å². The molecule has 1 spiro atoms. The summed E-state index contributed by atoms with van der Waals surface area (Å²) < 4.78 is 12.1. The lowest BCUT2D eigenvalue weighted by molar-refractivity contribution is -0.000193. The molecule has 126 valence electrons. The molecule has 0 unspecified atom stereocenters. The van der Waals surface area contributed by atoms with Crippen molar-refractivity contribution < 1.29 is 9.15 Å². The summed E-state index contributed by atoms with van der Waals surface area (Å²) in [7, 11) is 0. The van der Waals surface area contributed by atoms with E-state index in [0.29, 0.717) is 5.58 Å². The molecule has 0 bridgehead atoms.